The minimum Gasteiger partial charge on any atom is -0.326 e. The molecule has 0 aliphatic carbocycles. The first kappa shape index (κ1) is 34.4. The third-order valence-corrected chi connectivity index (χ3v) is 12.4. The molecule has 2 atom stereocenters. The van der Waals surface area contributed by atoms with Crippen molar-refractivity contribution in [2.45, 2.75) is 172 Å². The molecule has 234 valence electrons. The lowest BCUT2D eigenvalue weighted by molar-refractivity contribution is -0.914. The van der Waals surface area contributed by atoms with Crippen molar-refractivity contribution in [3.63, 3.8) is 0 Å². The average molecular weight is 578 g/mol. The van der Waals surface area contributed by atoms with Gasteiger partial charge >= 0.3 is 0 Å². The maximum atomic E-state index is 5.51. The van der Waals surface area contributed by atoms with E-state index in [0.29, 0.717) is 5.25 Å². The summed E-state index contributed by atoms with van der Waals surface area (Å²) in [5.41, 5.74) is 1.59. The molecule has 2 fully saturated rings. The smallest absolute Gasteiger partial charge is 0.117 e. The molecule has 0 aromatic heterocycles. The SMILES string of the molecule is CCCCCCCCCCCC[N+]1(C)CCC2(CC1)N=C1CC[N+](C)(CCCCCCCCCCCC)CC1S2. The van der Waals surface area contributed by atoms with Crippen molar-refractivity contribution in [2.24, 2.45) is 4.99 Å². The second-order valence-electron chi connectivity index (χ2n) is 14.8. The number of hydrogen-bond acceptors (Lipinski definition) is 2. The number of fused-ring (bicyclic) bond motifs is 1. The fourth-order valence-electron chi connectivity index (χ4n) is 7.67. The zero-order valence-electron chi connectivity index (χ0n) is 27.8. The number of unbranched alkanes of at least 4 members (excludes halogenated alkanes) is 18. The average Bonchev–Trinajstić information content (AvgIpc) is 3.30. The van der Waals surface area contributed by atoms with Gasteiger partial charge in [0.1, 0.15) is 4.87 Å². The minimum absolute atomic E-state index is 0.238. The minimum atomic E-state index is 0.238. The van der Waals surface area contributed by atoms with E-state index >= 15 is 0 Å². The molecule has 4 heteroatoms. The normalized spacial score (nSPS) is 30.1. The molecule has 0 saturated carbocycles. The maximum Gasteiger partial charge on any atom is 0.117 e. The highest BCUT2D eigenvalue weighted by Crippen LogP contribution is 2.48. The van der Waals surface area contributed by atoms with E-state index in [0.717, 1.165) is 0 Å². The molecule has 1 spiro atoms. The Hall–Kier alpha value is -0.0600. The fourth-order valence-corrected chi connectivity index (χ4v) is 9.53. The van der Waals surface area contributed by atoms with Crippen LogP contribution in [0.4, 0.5) is 0 Å². The molecule has 0 aromatic carbocycles. The van der Waals surface area contributed by atoms with Crippen LogP contribution >= 0.6 is 11.8 Å². The van der Waals surface area contributed by atoms with Gasteiger partial charge in [0.05, 0.1) is 58.6 Å². The van der Waals surface area contributed by atoms with Crippen LogP contribution in [0.3, 0.4) is 0 Å². The van der Waals surface area contributed by atoms with Gasteiger partial charge in [-0.1, -0.05) is 117 Å². The Morgan fingerprint density at radius 2 is 1.02 bits per heavy atom. The number of quaternary nitrogens is 2. The van der Waals surface area contributed by atoms with Gasteiger partial charge in [0, 0.05) is 25.0 Å². The highest BCUT2D eigenvalue weighted by Gasteiger charge is 2.50. The number of likely N-dealkylation sites (tertiary alicyclic amines) is 2. The van der Waals surface area contributed by atoms with Crippen LogP contribution in [0.1, 0.15) is 162 Å². The van der Waals surface area contributed by atoms with Crippen LogP contribution in [-0.2, 0) is 0 Å². The summed E-state index contributed by atoms with van der Waals surface area (Å²) in [6.45, 7) is 12.8. The lowest BCUT2D eigenvalue weighted by Crippen LogP contribution is -2.55. The summed E-state index contributed by atoms with van der Waals surface area (Å²) in [6, 6.07) is 0. The number of hydrogen-bond donors (Lipinski definition) is 0. The van der Waals surface area contributed by atoms with Gasteiger partial charge < -0.3 is 8.97 Å². The molecule has 3 nitrogen and oxygen atoms in total. The van der Waals surface area contributed by atoms with Crippen LogP contribution in [0, 0.1) is 0 Å². The van der Waals surface area contributed by atoms with Crippen LogP contribution in [0.5, 0.6) is 0 Å². The summed E-state index contributed by atoms with van der Waals surface area (Å²) in [5.74, 6) is 0. The molecule has 40 heavy (non-hydrogen) atoms. The number of piperidine rings is 2. The number of nitrogens with zero attached hydrogens (tertiary/aromatic N) is 3. The predicted octanol–water partition coefficient (Wildman–Crippen LogP) is 10.2. The van der Waals surface area contributed by atoms with Gasteiger partial charge in [-0.3, -0.25) is 4.99 Å². The molecule has 0 N–H and O–H groups in total. The van der Waals surface area contributed by atoms with Crippen LogP contribution in [0.2, 0.25) is 0 Å². The van der Waals surface area contributed by atoms with Crippen LogP contribution in [-0.4, -0.2) is 78.2 Å². The second kappa shape index (κ2) is 18.6. The van der Waals surface area contributed by atoms with E-state index in [1.165, 1.54) is 196 Å². The number of rotatable bonds is 22. The van der Waals surface area contributed by atoms with E-state index in [-0.39, 0.29) is 4.87 Å². The van der Waals surface area contributed by atoms with Crippen molar-refractivity contribution in [1.82, 2.24) is 0 Å². The Kier molecular flexibility index (Phi) is 16.0. The first-order valence-corrected chi connectivity index (χ1v) is 19.2. The summed E-state index contributed by atoms with van der Waals surface area (Å²) in [4.78, 5) is 5.74. The van der Waals surface area contributed by atoms with E-state index in [1.807, 2.05) is 0 Å². The van der Waals surface area contributed by atoms with Crippen LogP contribution < -0.4 is 0 Å². The molecule has 0 aromatic rings. The van der Waals surface area contributed by atoms with Crippen molar-refractivity contribution in [2.75, 3.05) is 53.4 Å². The standard InChI is InChI=1S/C36H71N3S/c1-5-7-9-11-13-15-17-19-21-23-28-38(3)31-26-36(27-32-38)37-34-25-30-39(4,33-35(34)40-36)29-24-22-20-18-16-14-12-10-8-6-2/h35H,5-33H2,1-4H3/q+2. The van der Waals surface area contributed by atoms with E-state index in [2.05, 4.69) is 39.7 Å². The fraction of sp³-hybridized carbons (Fsp3) is 0.972. The summed E-state index contributed by atoms with van der Waals surface area (Å²) in [7, 11) is 5.10. The van der Waals surface area contributed by atoms with Gasteiger partial charge in [-0.25, -0.2) is 0 Å². The van der Waals surface area contributed by atoms with E-state index in [9.17, 15) is 0 Å². The monoisotopic (exact) mass is 578 g/mol. The van der Waals surface area contributed by atoms with Gasteiger partial charge in [-0.15, -0.1) is 11.8 Å². The Balaban J connectivity index is 1.25. The Bertz CT molecular complexity index is 698. The van der Waals surface area contributed by atoms with Gasteiger partial charge in [-0.2, -0.15) is 0 Å². The molecular formula is C36H71N3S+2. The Morgan fingerprint density at radius 3 is 1.50 bits per heavy atom. The summed E-state index contributed by atoms with van der Waals surface area (Å²) in [6.07, 6.45) is 32.8. The predicted molar refractivity (Wildman–Crippen MR) is 181 cm³/mol. The highest BCUT2D eigenvalue weighted by molar-refractivity contribution is 8.02. The van der Waals surface area contributed by atoms with E-state index in [4.69, 9.17) is 4.99 Å². The zero-order chi connectivity index (χ0) is 28.6. The van der Waals surface area contributed by atoms with E-state index < -0.39 is 0 Å². The summed E-state index contributed by atoms with van der Waals surface area (Å²) >= 11 is 2.29. The van der Waals surface area contributed by atoms with Crippen molar-refractivity contribution in [1.29, 1.82) is 0 Å². The highest BCUT2D eigenvalue weighted by atomic mass is 32.2. The molecule has 3 aliphatic rings. The lowest BCUT2D eigenvalue weighted by atomic mass is 10.00. The molecule has 3 rings (SSSR count). The second-order valence-corrected chi connectivity index (χ2v) is 16.4. The van der Waals surface area contributed by atoms with Crippen LogP contribution in [0.15, 0.2) is 4.99 Å². The van der Waals surface area contributed by atoms with Crippen molar-refractivity contribution in [3.8, 4) is 0 Å². The third-order valence-electron chi connectivity index (χ3n) is 10.8. The van der Waals surface area contributed by atoms with E-state index in [1.54, 1.807) is 5.71 Å². The van der Waals surface area contributed by atoms with Gasteiger partial charge in [0.25, 0.3) is 0 Å². The molecular weight excluding hydrogens is 506 g/mol. The molecule has 2 unspecified atom stereocenters. The topological polar surface area (TPSA) is 12.4 Å². The Morgan fingerprint density at radius 1 is 0.600 bits per heavy atom. The van der Waals surface area contributed by atoms with Crippen LogP contribution in [0.25, 0.3) is 0 Å². The van der Waals surface area contributed by atoms with Gasteiger partial charge in [0.15, 0.2) is 0 Å². The van der Waals surface area contributed by atoms with Gasteiger partial charge in [0.2, 0.25) is 0 Å². The molecule has 0 radical (unpaired) electrons. The zero-order valence-corrected chi connectivity index (χ0v) is 28.6. The van der Waals surface area contributed by atoms with Gasteiger partial charge in [-0.05, 0) is 25.7 Å². The first-order valence-electron chi connectivity index (χ1n) is 18.4. The summed E-state index contributed by atoms with van der Waals surface area (Å²) in [5, 5.41) is 0.709. The lowest BCUT2D eigenvalue weighted by Gasteiger charge is -2.44. The Labute approximate surface area is 255 Å². The first-order chi connectivity index (χ1) is 19.4. The quantitative estimate of drug-likeness (QED) is 0.0921. The molecule has 3 aliphatic heterocycles. The number of aliphatic imine (C=N–C) groups is 1. The number of thioether (sulfide) groups is 1. The molecule has 2 saturated heterocycles. The van der Waals surface area contributed by atoms with Crippen molar-refractivity contribution < 1.29 is 8.97 Å². The van der Waals surface area contributed by atoms with Crippen molar-refractivity contribution >= 4 is 17.5 Å². The molecule has 0 bridgehead atoms. The summed E-state index contributed by atoms with van der Waals surface area (Å²) < 4.78 is 2.61. The van der Waals surface area contributed by atoms with Crippen molar-refractivity contribution in [3.05, 3.63) is 0 Å². The largest absolute Gasteiger partial charge is 0.326 e. The molecule has 0 amide bonds. The third kappa shape index (κ3) is 12.3. The maximum absolute atomic E-state index is 5.51. The molecule has 3 heterocycles.